The summed E-state index contributed by atoms with van der Waals surface area (Å²) in [5.74, 6) is 0.867. The zero-order chi connectivity index (χ0) is 12.3. The van der Waals surface area contributed by atoms with E-state index in [0.29, 0.717) is 12.3 Å². The van der Waals surface area contributed by atoms with Gasteiger partial charge in [-0.2, -0.15) is 0 Å². The van der Waals surface area contributed by atoms with Gasteiger partial charge in [-0.3, -0.25) is 4.98 Å². The number of hydrogen-bond donors (Lipinski definition) is 1. The third-order valence-corrected chi connectivity index (χ3v) is 2.71. The first kappa shape index (κ1) is 11.5. The third kappa shape index (κ3) is 2.38. The molecule has 0 aliphatic rings. The molecular formula is C14H16N2O. The molecule has 2 rings (SSSR count). The smallest absolute Gasteiger partial charge is 0.119 e. The van der Waals surface area contributed by atoms with Gasteiger partial charge < -0.3 is 10.5 Å². The zero-order valence-corrected chi connectivity index (χ0v) is 10.1. The molecule has 0 fully saturated rings. The number of ether oxygens (including phenoxy) is 1. The highest BCUT2D eigenvalue weighted by Gasteiger charge is 2.05. The molecule has 1 aromatic heterocycles. The minimum Gasteiger partial charge on any atom is -0.494 e. The highest BCUT2D eigenvalue weighted by molar-refractivity contribution is 5.72. The summed E-state index contributed by atoms with van der Waals surface area (Å²) in [6, 6.07) is 7.96. The van der Waals surface area contributed by atoms with Gasteiger partial charge in [0.15, 0.2) is 0 Å². The van der Waals surface area contributed by atoms with Crippen molar-refractivity contribution in [3.05, 3.63) is 42.2 Å². The Morgan fingerprint density at radius 1 is 1.29 bits per heavy atom. The van der Waals surface area contributed by atoms with E-state index < -0.39 is 0 Å². The van der Waals surface area contributed by atoms with Gasteiger partial charge in [0, 0.05) is 11.8 Å². The van der Waals surface area contributed by atoms with Gasteiger partial charge in [-0.1, -0.05) is 12.1 Å². The summed E-state index contributed by atoms with van der Waals surface area (Å²) in [7, 11) is 0. The number of rotatable bonds is 3. The molecule has 0 aliphatic carbocycles. The predicted octanol–water partition coefficient (Wildman–Crippen LogP) is 3.04. The quantitative estimate of drug-likeness (QED) is 0.878. The van der Waals surface area contributed by atoms with E-state index in [9.17, 15) is 0 Å². The highest BCUT2D eigenvalue weighted by Crippen LogP contribution is 2.28. The van der Waals surface area contributed by atoms with Crippen LogP contribution < -0.4 is 10.5 Å². The van der Waals surface area contributed by atoms with Crippen LogP contribution in [0.5, 0.6) is 5.75 Å². The van der Waals surface area contributed by atoms with Crippen LogP contribution >= 0.6 is 0 Å². The first-order valence-corrected chi connectivity index (χ1v) is 5.65. The Morgan fingerprint density at radius 3 is 2.88 bits per heavy atom. The van der Waals surface area contributed by atoms with Crippen LogP contribution in [0.3, 0.4) is 0 Å². The molecule has 1 heterocycles. The molecule has 17 heavy (non-hydrogen) atoms. The lowest BCUT2D eigenvalue weighted by atomic mass is 10.0. The maximum atomic E-state index is 5.86. The standard InChI is InChI=1S/C14H16N2O/c1-3-17-12-6-4-5-11(7-12)13-8-16-9-14(15)10(13)2/h4-9H,3,15H2,1-2H3. The van der Waals surface area contributed by atoms with Crippen molar-refractivity contribution in [1.82, 2.24) is 4.98 Å². The van der Waals surface area contributed by atoms with Crippen LogP contribution in [-0.4, -0.2) is 11.6 Å². The minimum atomic E-state index is 0.664. The van der Waals surface area contributed by atoms with Crippen LogP contribution in [0, 0.1) is 6.92 Å². The van der Waals surface area contributed by atoms with Crippen molar-refractivity contribution < 1.29 is 4.74 Å². The molecule has 88 valence electrons. The molecule has 1 aromatic carbocycles. The highest BCUT2D eigenvalue weighted by atomic mass is 16.5. The first-order chi connectivity index (χ1) is 8.22. The Hall–Kier alpha value is -2.03. The van der Waals surface area contributed by atoms with E-state index in [1.54, 1.807) is 6.20 Å². The van der Waals surface area contributed by atoms with Crippen molar-refractivity contribution in [1.29, 1.82) is 0 Å². The summed E-state index contributed by atoms with van der Waals surface area (Å²) in [6.07, 6.45) is 3.50. The average Bonchev–Trinajstić information content (AvgIpc) is 2.33. The van der Waals surface area contributed by atoms with E-state index in [4.69, 9.17) is 10.5 Å². The topological polar surface area (TPSA) is 48.1 Å². The van der Waals surface area contributed by atoms with Gasteiger partial charge in [-0.05, 0) is 37.1 Å². The van der Waals surface area contributed by atoms with Crippen LogP contribution in [-0.2, 0) is 0 Å². The summed E-state index contributed by atoms with van der Waals surface area (Å²) in [5, 5.41) is 0. The van der Waals surface area contributed by atoms with Gasteiger partial charge in [0.25, 0.3) is 0 Å². The number of nitrogen functional groups attached to an aromatic ring is 1. The molecule has 0 amide bonds. The fourth-order valence-electron chi connectivity index (χ4n) is 1.75. The fourth-order valence-corrected chi connectivity index (χ4v) is 1.75. The summed E-state index contributed by atoms with van der Waals surface area (Å²) >= 11 is 0. The second-order valence-electron chi connectivity index (χ2n) is 3.86. The molecule has 3 heteroatoms. The number of anilines is 1. The van der Waals surface area contributed by atoms with Crippen LogP contribution in [0.2, 0.25) is 0 Å². The molecular weight excluding hydrogens is 212 g/mol. The van der Waals surface area contributed by atoms with Crippen molar-refractivity contribution in [2.45, 2.75) is 13.8 Å². The van der Waals surface area contributed by atoms with E-state index in [2.05, 4.69) is 4.98 Å². The van der Waals surface area contributed by atoms with Gasteiger partial charge in [0.05, 0.1) is 18.5 Å². The average molecular weight is 228 g/mol. The number of nitrogens with zero attached hydrogens (tertiary/aromatic N) is 1. The largest absolute Gasteiger partial charge is 0.494 e. The Labute approximate surface area is 101 Å². The number of nitrogens with two attached hydrogens (primary N) is 1. The zero-order valence-electron chi connectivity index (χ0n) is 10.1. The number of aromatic nitrogens is 1. The van der Waals surface area contributed by atoms with Gasteiger partial charge >= 0.3 is 0 Å². The molecule has 2 N–H and O–H groups in total. The lowest BCUT2D eigenvalue weighted by Crippen LogP contribution is -1.95. The van der Waals surface area contributed by atoms with Crippen LogP contribution in [0.25, 0.3) is 11.1 Å². The summed E-state index contributed by atoms with van der Waals surface area (Å²) in [6.45, 7) is 4.64. The minimum absolute atomic E-state index is 0.664. The fraction of sp³-hybridized carbons (Fsp3) is 0.214. The van der Waals surface area contributed by atoms with Gasteiger partial charge in [0.1, 0.15) is 5.75 Å². The van der Waals surface area contributed by atoms with Gasteiger partial charge in [-0.25, -0.2) is 0 Å². The molecule has 0 saturated heterocycles. The van der Waals surface area contributed by atoms with Crippen molar-refractivity contribution in [3.63, 3.8) is 0 Å². The molecule has 3 nitrogen and oxygen atoms in total. The second kappa shape index (κ2) is 4.87. The summed E-state index contributed by atoms with van der Waals surface area (Å²) in [5.41, 5.74) is 9.75. The molecule has 0 unspecified atom stereocenters. The number of hydrogen-bond acceptors (Lipinski definition) is 3. The lowest BCUT2D eigenvalue weighted by molar-refractivity contribution is 0.340. The summed E-state index contributed by atoms with van der Waals surface area (Å²) < 4.78 is 5.49. The van der Waals surface area contributed by atoms with E-state index >= 15 is 0 Å². The van der Waals surface area contributed by atoms with E-state index in [0.717, 1.165) is 22.4 Å². The normalized spacial score (nSPS) is 10.2. The van der Waals surface area contributed by atoms with E-state index in [-0.39, 0.29) is 0 Å². The Balaban J connectivity index is 2.45. The molecule has 0 atom stereocenters. The maximum Gasteiger partial charge on any atom is 0.119 e. The second-order valence-corrected chi connectivity index (χ2v) is 3.86. The van der Waals surface area contributed by atoms with Crippen LogP contribution in [0.4, 0.5) is 5.69 Å². The third-order valence-electron chi connectivity index (χ3n) is 2.71. The molecule has 0 bridgehead atoms. The molecule has 0 spiro atoms. The van der Waals surface area contributed by atoms with Gasteiger partial charge in [-0.15, -0.1) is 0 Å². The SMILES string of the molecule is CCOc1cccc(-c2cncc(N)c2C)c1. The summed E-state index contributed by atoms with van der Waals surface area (Å²) in [4.78, 5) is 4.13. The number of benzene rings is 1. The van der Waals surface area contributed by atoms with Crippen LogP contribution in [0.1, 0.15) is 12.5 Å². The van der Waals surface area contributed by atoms with E-state index in [1.807, 2.05) is 44.3 Å². The molecule has 0 aliphatic heterocycles. The Kier molecular flexibility index (Phi) is 3.28. The first-order valence-electron chi connectivity index (χ1n) is 5.65. The van der Waals surface area contributed by atoms with Crippen molar-refractivity contribution in [2.75, 3.05) is 12.3 Å². The predicted molar refractivity (Wildman–Crippen MR) is 70.0 cm³/mol. The van der Waals surface area contributed by atoms with Crippen molar-refractivity contribution in [3.8, 4) is 16.9 Å². The maximum absolute atomic E-state index is 5.86. The Bertz CT molecular complexity index is 523. The van der Waals surface area contributed by atoms with Crippen molar-refractivity contribution in [2.24, 2.45) is 0 Å². The molecule has 0 saturated carbocycles. The molecule has 2 aromatic rings. The monoisotopic (exact) mass is 228 g/mol. The number of pyridine rings is 1. The molecule has 0 radical (unpaired) electrons. The lowest BCUT2D eigenvalue weighted by Gasteiger charge is -2.09. The van der Waals surface area contributed by atoms with Gasteiger partial charge in [0.2, 0.25) is 0 Å². The van der Waals surface area contributed by atoms with Crippen LogP contribution in [0.15, 0.2) is 36.7 Å². The van der Waals surface area contributed by atoms with Crippen molar-refractivity contribution >= 4 is 5.69 Å². The van der Waals surface area contributed by atoms with E-state index in [1.165, 1.54) is 0 Å². The Morgan fingerprint density at radius 2 is 2.12 bits per heavy atom.